The van der Waals surface area contributed by atoms with Crippen LogP contribution in [-0.4, -0.2) is 85.0 Å². The maximum atomic E-state index is 14.2. The predicted octanol–water partition coefficient (Wildman–Crippen LogP) is 5.81. The highest BCUT2D eigenvalue weighted by Gasteiger charge is 2.41. The minimum Gasteiger partial charge on any atom is -0.323 e. The maximum absolute atomic E-state index is 14.2. The lowest BCUT2D eigenvalue weighted by Crippen LogP contribution is -2.44. The van der Waals surface area contributed by atoms with Crippen LogP contribution in [0.4, 0.5) is 22.4 Å². The molecule has 0 unspecified atom stereocenters. The van der Waals surface area contributed by atoms with Gasteiger partial charge in [-0.15, -0.1) is 0 Å². The Hall–Kier alpha value is -2.07. The monoisotopic (exact) mass is 560 g/mol. The normalized spacial score (nSPS) is 22.5. The molecule has 2 heterocycles. The number of hydrogen-bond donors (Lipinski definition) is 0. The molecule has 2 saturated heterocycles. The Morgan fingerprint density at radius 1 is 1.00 bits per heavy atom. The van der Waals surface area contributed by atoms with Crippen molar-refractivity contribution in [2.75, 3.05) is 47.3 Å². The lowest BCUT2D eigenvalue weighted by Gasteiger charge is -2.29. The SMILES string of the molecule is CN(C)[C@@H]1CCN(C(=O)N2C[C@H](c3ccc(Cl)c(Cl)c3)[C@H](N(C)Cc3ccc(C(F)(F)F)c(F)c3)C2)C1. The first-order valence-electron chi connectivity index (χ1n) is 12.1. The Kier molecular flexibility index (Phi) is 8.28. The van der Waals surface area contributed by atoms with Crippen LogP contribution in [0.15, 0.2) is 36.4 Å². The van der Waals surface area contributed by atoms with Crippen LogP contribution in [0, 0.1) is 5.82 Å². The number of carbonyl (C=O) groups excluding carboxylic acids is 1. The molecular weight excluding hydrogens is 531 g/mol. The summed E-state index contributed by atoms with van der Waals surface area (Å²) < 4.78 is 53.2. The van der Waals surface area contributed by atoms with E-state index in [2.05, 4.69) is 4.90 Å². The van der Waals surface area contributed by atoms with E-state index in [0.29, 0.717) is 47.8 Å². The first-order chi connectivity index (χ1) is 17.3. The summed E-state index contributed by atoms with van der Waals surface area (Å²) in [7, 11) is 5.84. The molecular formula is C26H30Cl2F4N4O. The number of alkyl halides is 3. The number of nitrogens with zero attached hydrogens (tertiary/aromatic N) is 4. The molecule has 5 nitrogen and oxygen atoms in total. The van der Waals surface area contributed by atoms with Crippen LogP contribution >= 0.6 is 23.2 Å². The maximum Gasteiger partial charge on any atom is 0.419 e. The average molecular weight is 561 g/mol. The Bertz CT molecular complexity index is 1150. The van der Waals surface area contributed by atoms with E-state index >= 15 is 0 Å². The molecule has 4 rings (SSSR count). The fourth-order valence-corrected chi connectivity index (χ4v) is 5.60. The van der Waals surface area contributed by atoms with Crippen LogP contribution in [-0.2, 0) is 12.7 Å². The van der Waals surface area contributed by atoms with Crippen molar-refractivity contribution >= 4 is 29.2 Å². The fourth-order valence-electron chi connectivity index (χ4n) is 5.29. The van der Waals surface area contributed by atoms with Gasteiger partial charge in [0.25, 0.3) is 0 Å². The number of benzene rings is 2. The van der Waals surface area contributed by atoms with Crippen molar-refractivity contribution in [2.24, 2.45) is 0 Å². The van der Waals surface area contributed by atoms with Crippen LogP contribution in [0.25, 0.3) is 0 Å². The van der Waals surface area contributed by atoms with Crippen LogP contribution in [0.1, 0.15) is 29.0 Å². The molecule has 0 aromatic heterocycles. The molecule has 2 amide bonds. The van der Waals surface area contributed by atoms with Crippen molar-refractivity contribution in [2.45, 2.75) is 37.1 Å². The van der Waals surface area contributed by atoms with Crippen molar-refractivity contribution in [3.63, 3.8) is 0 Å². The largest absolute Gasteiger partial charge is 0.419 e. The van der Waals surface area contributed by atoms with E-state index in [9.17, 15) is 22.4 Å². The summed E-state index contributed by atoms with van der Waals surface area (Å²) in [5.74, 6) is -1.41. The summed E-state index contributed by atoms with van der Waals surface area (Å²) >= 11 is 12.4. The van der Waals surface area contributed by atoms with Gasteiger partial charge in [0, 0.05) is 50.7 Å². The fraction of sp³-hybridized carbons (Fsp3) is 0.500. The highest BCUT2D eigenvalue weighted by atomic mass is 35.5. The second-order valence-corrected chi connectivity index (χ2v) is 10.9. The van der Waals surface area contributed by atoms with Crippen molar-refractivity contribution in [3.8, 4) is 0 Å². The Balaban J connectivity index is 1.56. The predicted molar refractivity (Wildman–Crippen MR) is 136 cm³/mol. The molecule has 11 heteroatoms. The third-order valence-corrected chi connectivity index (χ3v) is 8.17. The first kappa shape index (κ1) is 28.0. The number of likely N-dealkylation sites (N-methyl/N-ethyl adjacent to an activating group) is 2. The molecule has 0 aliphatic carbocycles. The zero-order valence-electron chi connectivity index (χ0n) is 20.9. The summed E-state index contributed by atoms with van der Waals surface area (Å²) in [6.07, 6.45) is -3.84. The molecule has 2 aromatic rings. The number of rotatable bonds is 5. The lowest BCUT2D eigenvalue weighted by atomic mass is 9.93. The molecule has 2 aliphatic rings. The minimum atomic E-state index is -4.75. The van der Waals surface area contributed by atoms with Crippen molar-refractivity contribution in [1.82, 2.24) is 19.6 Å². The lowest BCUT2D eigenvalue weighted by molar-refractivity contribution is -0.140. The van der Waals surface area contributed by atoms with E-state index in [1.54, 1.807) is 12.1 Å². The third-order valence-electron chi connectivity index (χ3n) is 7.43. The van der Waals surface area contributed by atoms with Gasteiger partial charge < -0.3 is 14.7 Å². The van der Waals surface area contributed by atoms with Gasteiger partial charge in [-0.2, -0.15) is 13.2 Å². The summed E-state index contributed by atoms with van der Waals surface area (Å²) in [6.45, 7) is 2.43. The smallest absolute Gasteiger partial charge is 0.323 e. The average Bonchev–Trinajstić information content (AvgIpc) is 3.48. The zero-order valence-corrected chi connectivity index (χ0v) is 22.4. The molecule has 0 bridgehead atoms. The second kappa shape index (κ2) is 11.0. The summed E-state index contributed by atoms with van der Waals surface area (Å²) in [5, 5.41) is 0.830. The molecule has 37 heavy (non-hydrogen) atoms. The molecule has 2 fully saturated rings. The van der Waals surface area contributed by atoms with Gasteiger partial charge in [-0.25, -0.2) is 9.18 Å². The van der Waals surface area contributed by atoms with Gasteiger partial charge in [0.05, 0.1) is 15.6 Å². The Morgan fingerprint density at radius 3 is 2.32 bits per heavy atom. The van der Waals surface area contributed by atoms with E-state index in [-0.39, 0.29) is 24.5 Å². The van der Waals surface area contributed by atoms with Gasteiger partial charge in [-0.1, -0.05) is 35.3 Å². The number of carbonyl (C=O) groups is 1. The van der Waals surface area contributed by atoms with Crippen LogP contribution in [0.5, 0.6) is 0 Å². The quantitative estimate of drug-likeness (QED) is 0.432. The Labute approximate surface area is 224 Å². The van der Waals surface area contributed by atoms with Crippen molar-refractivity contribution in [1.29, 1.82) is 0 Å². The number of likely N-dealkylation sites (tertiary alicyclic amines) is 2. The van der Waals surface area contributed by atoms with Crippen molar-refractivity contribution in [3.05, 3.63) is 69.0 Å². The topological polar surface area (TPSA) is 30.0 Å². The Morgan fingerprint density at radius 2 is 1.73 bits per heavy atom. The summed E-state index contributed by atoms with van der Waals surface area (Å²) in [5.41, 5.74) is 0.0404. The standard InChI is InChI=1S/C26H30Cl2F4N4O/c1-33(2)18-8-9-35(13-18)25(37)36-14-19(17-5-7-21(27)22(28)11-17)24(15-36)34(3)12-16-4-6-20(23(29)10-16)26(30,31)32/h4-7,10-11,18-19,24H,8-9,12-15H2,1-3H3/t18-,19-,24-/m1/s1. The first-order valence-corrected chi connectivity index (χ1v) is 12.8. The van der Waals surface area contributed by atoms with E-state index < -0.39 is 17.6 Å². The molecule has 0 saturated carbocycles. The van der Waals surface area contributed by atoms with Gasteiger partial charge in [0.15, 0.2) is 0 Å². The number of halogens is 6. The van der Waals surface area contributed by atoms with Gasteiger partial charge in [-0.3, -0.25) is 4.90 Å². The molecule has 3 atom stereocenters. The number of hydrogen-bond acceptors (Lipinski definition) is 3. The molecule has 0 spiro atoms. The molecule has 2 aliphatic heterocycles. The van der Waals surface area contributed by atoms with Crippen LogP contribution < -0.4 is 0 Å². The van der Waals surface area contributed by atoms with Gasteiger partial charge in [0.1, 0.15) is 5.82 Å². The van der Waals surface area contributed by atoms with Crippen LogP contribution in [0.3, 0.4) is 0 Å². The molecule has 0 N–H and O–H groups in total. The second-order valence-electron chi connectivity index (χ2n) is 10.1. The number of amides is 2. The molecule has 0 radical (unpaired) electrons. The van der Waals surface area contributed by atoms with Gasteiger partial charge in [-0.05, 0) is 63.0 Å². The third kappa shape index (κ3) is 6.16. The summed E-state index contributed by atoms with van der Waals surface area (Å²) in [4.78, 5) is 21.2. The highest BCUT2D eigenvalue weighted by Crippen LogP contribution is 2.36. The molecule has 202 valence electrons. The van der Waals surface area contributed by atoms with E-state index in [4.69, 9.17) is 23.2 Å². The highest BCUT2D eigenvalue weighted by molar-refractivity contribution is 6.42. The van der Waals surface area contributed by atoms with Gasteiger partial charge in [0.2, 0.25) is 0 Å². The number of urea groups is 1. The zero-order chi connectivity index (χ0) is 27.1. The molecule has 2 aromatic carbocycles. The summed E-state index contributed by atoms with van der Waals surface area (Å²) in [6, 6.07) is 8.48. The van der Waals surface area contributed by atoms with Crippen molar-refractivity contribution < 1.29 is 22.4 Å². The van der Waals surface area contributed by atoms with E-state index in [1.807, 2.05) is 41.9 Å². The van der Waals surface area contributed by atoms with Crippen LogP contribution in [0.2, 0.25) is 10.0 Å². The minimum absolute atomic E-state index is 0.0362. The van der Waals surface area contributed by atoms with Gasteiger partial charge >= 0.3 is 12.2 Å². The van der Waals surface area contributed by atoms with E-state index in [0.717, 1.165) is 24.1 Å². The van der Waals surface area contributed by atoms with E-state index in [1.165, 1.54) is 6.07 Å².